The van der Waals surface area contributed by atoms with Crippen molar-refractivity contribution in [3.8, 4) is 0 Å². The molecule has 1 amide bonds. The molecule has 4 nitrogen and oxygen atoms in total. The predicted octanol–water partition coefficient (Wildman–Crippen LogP) is 1.54. The zero-order valence-electron chi connectivity index (χ0n) is 7.79. The van der Waals surface area contributed by atoms with E-state index in [4.69, 9.17) is 9.52 Å². The highest BCUT2D eigenvalue weighted by Gasteiger charge is 2.09. The van der Waals surface area contributed by atoms with Crippen LogP contribution in [0.15, 0.2) is 21.2 Å². The van der Waals surface area contributed by atoms with Gasteiger partial charge in [0.15, 0.2) is 10.4 Å². The third kappa shape index (κ3) is 3.51. The maximum Gasteiger partial charge on any atom is 0.287 e. The first-order valence-electron chi connectivity index (χ1n) is 4.31. The van der Waals surface area contributed by atoms with Gasteiger partial charge in [-0.3, -0.25) is 4.79 Å². The second-order valence-electron chi connectivity index (χ2n) is 3.00. The molecule has 0 bridgehead atoms. The van der Waals surface area contributed by atoms with E-state index in [-0.39, 0.29) is 11.7 Å². The number of rotatable bonds is 4. The van der Waals surface area contributed by atoms with Gasteiger partial charge >= 0.3 is 0 Å². The van der Waals surface area contributed by atoms with Crippen LogP contribution in [-0.2, 0) is 0 Å². The van der Waals surface area contributed by atoms with Gasteiger partial charge in [0.25, 0.3) is 5.91 Å². The van der Waals surface area contributed by atoms with Gasteiger partial charge in [-0.1, -0.05) is 0 Å². The highest BCUT2D eigenvalue weighted by atomic mass is 79.9. The van der Waals surface area contributed by atoms with Crippen LogP contribution in [-0.4, -0.2) is 23.7 Å². The van der Waals surface area contributed by atoms with E-state index in [9.17, 15) is 4.79 Å². The monoisotopic (exact) mass is 261 g/mol. The molecule has 0 aliphatic rings. The Labute approximate surface area is 90.4 Å². The molecule has 0 saturated heterocycles. The maximum absolute atomic E-state index is 11.3. The molecule has 0 saturated carbocycles. The molecule has 5 heteroatoms. The summed E-state index contributed by atoms with van der Waals surface area (Å²) in [5.74, 6) is -0.00109. The Bertz CT molecular complexity index is 309. The SMILES string of the molecule is CC(O)CCNC(=O)c1ccc(Br)o1. The summed E-state index contributed by atoms with van der Waals surface area (Å²) < 4.78 is 5.57. The van der Waals surface area contributed by atoms with Gasteiger partial charge in [-0.25, -0.2) is 0 Å². The van der Waals surface area contributed by atoms with Crippen LogP contribution in [0.4, 0.5) is 0 Å². The van der Waals surface area contributed by atoms with Crippen molar-refractivity contribution < 1.29 is 14.3 Å². The molecule has 1 atom stereocenters. The molecule has 1 rings (SSSR count). The van der Waals surface area contributed by atoms with Crippen molar-refractivity contribution in [1.82, 2.24) is 5.32 Å². The Morgan fingerprint density at radius 2 is 2.43 bits per heavy atom. The van der Waals surface area contributed by atoms with Crippen LogP contribution in [0.2, 0.25) is 0 Å². The highest BCUT2D eigenvalue weighted by molar-refractivity contribution is 9.10. The van der Waals surface area contributed by atoms with E-state index in [1.54, 1.807) is 19.1 Å². The van der Waals surface area contributed by atoms with Crippen molar-refractivity contribution in [2.75, 3.05) is 6.54 Å². The van der Waals surface area contributed by atoms with Crippen molar-refractivity contribution in [1.29, 1.82) is 0 Å². The van der Waals surface area contributed by atoms with Crippen LogP contribution in [0.1, 0.15) is 23.9 Å². The number of carbonyl (C=O) groups excluding carboxylic acids is 1. The molecule has 1 aromatic rings. The summed E-state index contributed by atoms with van der Waals surface area (Å²) >= 11 is 3.11. The molecule has 1 aromatic heterocycles. The molecule has 0 fully saturated rings. The lowest BCUT2D eigenvalue weighted by Crippen LogP contribution is -2.26. The van der Waals surface area contributed by atoms with Crippen LogP contribution in [0.25, 0.3) is 0 Å². The molecule has 78 valence electrons. The molecular weight excluding hydrogens is 250 g/mol. The fraction of sp³-hybridized carbons (Fsp3) is 0.444. The van der Waals surface area contributed by atoms with Crippen molar-refractivity contribution in [3.63, 3.8) is 0 Å². The van der Waals surface area contributed by atoms with Crippen LogP contribution in [0.3, 0.4) is 0 Å². The van der Waals surface area contributed by atoms with Gasteiger partial charge in [0.05, 0.1) is 6.10 Å². The molecule has 0 aromatic carbocycles. The number of aliphatic hydroxyl groups excluding tert-OH is 1. The number of nitrogens with one attached hydrogen (secondary N) is 1. The largest absolute Gasteiger partial charge is 0.444 e. The fourth-order valence-corrected chi connectivity index (χ4v) is 1.22. The van der Waals surface area contributed by atoms with E-state index in [1.807, 2.05) is 0 Å². The van der Waals surface area contributed by atoms with Crippen LogP contribution in [0.5, 0.6) is 0 Å². The molecule has 0 aliphatic heterocycles. The fourth-order valence-electron chi connectivity index (χ4n) is 0.918. The molecule has 2 N–H and O–H groups in total. The zero-order chi connectivity index (χ0) is 10.6. The summed E-state index contributed by atoms with van der Waals surface area (Å²) in [6.45, 7) is 2.12. The highest BCUT2D eigenvalue weighted by Crippen LogP contribution is 2.13. The Kier molecular flexibility index (Phi) is 4.16. The van der Waals surface area contributed by atoms with E-state index in [1.165, 1.54) is 0 Å². The smallest absolute Gasteiger partial charge is 0.287 e. The number of carbonyl (C=O) groups is 1. The third-order valence-electron chi connectivity index (χ3n) is 1.64. The first-order chi connectivity index (χ1) is 6.59. The van der Waals surface area contributed by atoms with E-state index in [0.29, 0.717) is 17.6 Å². The summed E-state index contributed by atoms with van der Waals surface area (Å²) in [5.41, 5.74) is 0. The van der Waals surface area contributed by atoms with E-state index in [2.05, 4.69) is 21.2 Å². The summed E-state index contributed by atoms with van der Waals surface area (Å²) in [5, 5.41) is 11.6. The van der Waals surface area contributed by atoms with Gasteiger partial charge in [0.1, 0.15) is 0 Å². The number of hydrogen-bond acceptors (Lipinski definition) is 3. The minimum Gasteiger partial charge on any atom is -0.444 e. The average molecular weight is 262 g/mol. The minimum atomic E-state index is -0.404. The Hall–Kier alpha value is -0.810. The quantitative estimate of drug-likeness (QED) is 0.865. The first-order valence-corrected chi connectivity index (χ1v) is 5.10. The van der Waals surface area contributed by atoms with Crippen LogP contribution in [0, 0.1) is 0 Å². The lowest BCUT2D eigenvalue weighted by molar-refractivity contribution is 0.0916. The summed E-state index contributed by atoms with van der Waals surface area (Å²) in [6.07, 6.45) is 0.131. The van der Waals surface area contributed by atoms with Gasteiger partial charge in [-0.05, 0) is 41.4 Å². The molecule has 1 unspecified atom stereocenters. The lowest BCUT2D eigenvalue weighted by Gasteiger charge is -2.04. The number of halogens is 1. The second kappa shape index (κ2) is 5.17. The lowest BCUT2D eigenvalue weighted by atomic mass is 10.3. The van der Waals surface area contributed by atoms with Crippen molar-refractivity contribution >= 4 is 21.8 Å². The van der Waals surface area contributed by atoms with Crippen molar-refractivity contribution in [2.24, 2.45) is 0 Å². The average Bonchev–Trinajstić information content (AvgIpc) is 2.51. The van der Waals surface area contributed by atoms with E-state index in [0.717, 1.165) is 0 Å². The Morgan fingerprint density at radius 1 is 1.71 bits per heavy atom. The van der Waals surface area contributed by atoms with Gasteiger partial charge < -0.3 is 14.8 Å². The van der Waals surface area contributed by atoms with Gasteiger partial charge in [-0.2, -0.15) is 0 Å². The Balaban J connectivity index is 2.36. The van der Waals surface area contributed by atoms with E-state index < -0.39 is 6.10 Å². The molecule has 0 aliphatic carbocycles. The molecule has 0 radical (unpaired) electrons. The summed E-state index contributed by atoms with van der Waals surface area (Å²) in [7, 11) is 0. The number of amides is 1. The van der Waals surface area contributed by atoms with Crippen molar-refractivity contribution in [2.45, 2.75) is 19.4 Å². The van der Waals surface area contributed by atoms with E-state index >= 15 is 0 Å². The zero-order valence-corrected chi connectivity index (χ0v) is 9.37. The topological polar surface area (TPSA) is 62.5 Å². The first kappa shape index (κ1) is 11.3. The second-order valence-corrected chi connectivity index (χ2v) is 3.78. The van der Waals surface area contributed by atoms with Gasteiger partial charge in [0.2, 0.25) is 0 Å². The maximum atomic E-state index is 11.3. The minimum absolute atomic E-state index is 0.266. The number of furan rings is 1. The molecule has 1 heterocycles. The standard InChI is InChI=1S/C9H12BrNO3/c1-6(12)4-5-11-9(13)7-2-3-8(10)14-7/h2-3,6,12H,4-5H2,1H3,(H,11,13). The number of hydrogen-bond donors (Lipinski definition) is 2. The Morgan fingerprint density at radius 3 is 2.93 bits per heavy atom. The van der Waals surface area contributed by atoms with Crippen LogP contribution >= 0.6 is 15.9 Å². The van der Waals surface area contributed by atoms with Gasteiger partial charge in [-0.15, -0.1) is 0 Å². The molecular formula is C9H12BrNO3. The van der Waals surface area contributed by atoms with Gasteiger partial charge in [0, 0.05) is 6.54 Å². The number of aliphatic hydroxyl groups is 1. The van der Waals surface area contributed by atoms with Crippen molar-refractivity contribution in [3.05, 3.63) is 22.6 Å². The summed E-state index contributed by atoms with van der Waals surface area (Å²) in [6, 6.07) is 3.24. The predicted molar refractivity (Wildman–Crippen MR) is 55.0 cm³/mol. The molecule has 0 spiro atoms. The summed E-state index contributed by atoms with van der Waals surface area (Å²) in [4.78, 5) is 11.3. The van der Waals surface area contributed by atoms with Crippen LogP contribution < -0.4 is 5.32 Å². The third-order valence-corrected chi connectivity index (χ3v) is 2.07. The molecule has 14 heavy (non-hydrogen) atoms. The normalized spacial score (nSPS) is 12.5.